The molecule has 3 rings (SSSR count). The van der Waals surface area contributed by atoms with E-state index < -0.39 is 15.8 Å². The summed E-state index contributed by atoms with van der Waals surface area (Å²) in [5.74, 6) is -0.466. The summed E-state index contributed by atoms with van der Waals surface area (Å²) < 4.78 is 39.5. The first kappa shape index (κ1) is 16.4. The SMILES string of the molecule is N#Cc1ccc(N2CCN(S(=O)(=O)c3ccc(F)cc3)CC2)cn1. The Morgan fingerprint density at radius 3 is 2.25 bits per heavy atom. The number of aromatic nitrogens is 1. The number of halogens is 1. The summed E-state index contributed by atoms with van der Waals surface area (Å²) in [4.78, 5) is 6.14. The molecule has 1 aromatic carbocycles. The highest BCUT2D eigenvalue weighted by molar-refractivity contribution is 7.89. The van der Waals surface area contributed by atoms with Gasteiger partial charge in [-0.1, -0.05) is 0 Å². The number of benzene rings is 1. The number of anilines is 1. The Hall–Kier alpha value is -2.50. The highest BCUT2D eigenvalue weighted by atomic mass is 32.2. The number of rotatable bonds is 3. The Morgan fingerprint density at radius 1 is 1.04 bits per heavy atom. The van der Waals surface area contributed by atoms with Gasteiger partial charge < -0.3 is 4.90 Å². The summed E-state index contributed by atoms with van der Waals surface area (Å²) in [6.45, 7) is 1.71. The summed E-state index contributed by atoms with van der Waals surface area (Å²) in [5, 5.41) is 8.77. The molecule has 124 valence electrons. The predicted molar refractivity (Wildman–Crippen MR) is 86.3 cm³/mol. The van der Waals surface area contributed by atoms with Crippen molar-refractivity contribution < 1.29 is 12.8 Å². The number of hydrogen-bond acceptors (Lipinski definition) is 5. The molecule has 1 aliphatic heterocycles. The summed E-state index contributed by atoms with van der Waals surface area (Å²) in [6.07, 6.45) is 1.61. The van der Waals surface area contributed by atoms with Crippen molar-refractivity contribution in [1.82, 2.24) is 9.29 Å². The molecule has 0 atom stereocenters. The van der Waals surface area contributed by atoms with E-state index >= 15 is 0 Å². The lowest BCUT2D eigenvalue weighted by Crippen LogP contribution is -2.48. The molecule has 8 heteroatoms. The van der Waals surface area contributed by atoms with Crippen LogP contribution in [0.25, 0.3) is 0 Å². The minimum absolute atomic E-state index is 0.0948. The topological polar surface area (TPSA) is 77.3 Å². The number of pyridine rings is 1. The van der Waals surface area contributed by atoms with Gasteiger partial charge in [0.25, 0.3) is 0 Å². The van der Waals surface area contributed by atoms with Gasteiger partial charge in [0.1, 0.15) is 17.6 Å². The first-order valence-corrected chi connectivity index (χ1v) is 8.81. The zero-order valence-corrected chi connectivity index (χ0v) is 13.6. The van der Waals surface area contributed by atoms with Gasteiger partial charge in [0, 0.05) is 26.2 Å². The third kappa shape index (κ3) is 3.22. The van der Waals surface area contributed by atoms with Crippen molar-refractivity contribution in [3.05, 3.63) is 54.1 Å². The van der Waals surface area contributed by atoms with Crippen LogP contribution in [0, 0.1) is 17.1 Å². The van der Waals surface area contributed by atoms with Crippen LogP contribution in [0.2, 0.25) is 0 Å². The van der Waals surface area contributed by atoms with Crippen LogP contribution < -0.4 is 4.90 Å². The molecule has 6 nitrogen and oxygen atoms in total. The van der Waals surface area contributed by atoms with E-state index in [0.29, 0.717) is 31.9 Å². The normalized spacial score (nSPS) is 15.9. The molecule has 0 unspecified atom stereocenters. The summed E-state index contributed by atoms with van der Waals surface area (Å²) in [6, 6.07) is 10.2. The first-order chi connectivity index (χ1) is 11.5. The smallest absolute Gasteiger partial charge is 0.243 e. The van der Waals surface area contributed by atoms with E-state index in [1.807, 2.05) is 11.0 Å². The van der Waals surface area contributed by atoms with Gasteiger partial charge in [0.05, 0.1) is 16.8 Å². The monoisotopic (exact) mass is 346 g/mol. The van der Waals surface area contributed by atoms with Gasteiger partial charge in [0.2, 0.25) is 10.0 Å². The second-order valence-electron chi connectivity index (χ2n) is 5.36. The highest BCUT2D eigenvalue weighted by Crippen LogP contribution is 2.21. The van der Waals surface area contributed by atoms with Gasteiger partial charge in [0.15, 0.2) is 0 Å². The molecule has 0 amide bonds. The van der Waals surface area contributed by atoms with E-state index in [1.54, 1.807) is 18.3 Å². The van der Waals surface area contributed by atoms with Crippen molar-refractivity contribution >= 4 is 15.7 Å². The van der Waals surface area contributed by atoms with Gasteiger partial charge in [-0.3, -0.25) is 0 Å². The molecule has 0 radical (unpaired) electrons. The predicted octanol–water partition coefficient (Wildman–Crippen LogP) is 1.60. The fourth-order valence-electron chi connectivity index (χ4n) is 2.58. The molecule has 1 aromatic heterocycles. The van der Waals surface area contributed by atoms with Crippen LogP contribution in [0.3, 0.4) is 0 Å². The first-order valence-electron chi connectivity index (χ1n) is 7.37. The van der Waals surface area contributed by atoms with E-state index in [2.05, 4.69) is 4.98 Å². The Morgan fingerprint density at radius 2 is 1.71 bits per heavy atom. The second-order valence-corrected chi connectivity index (χ2v) is 7.30. The number of sulfonamides is 1. The van der Waals surface area contributed by atoms with E-state index in [1.165, 1.54) is 16.4 Å². The number of nitrogens with zero attached hydrogens (tertiary/aromatic N) is 4. The lowest BCUT2D eigenvalue weighted by molar-refractivity contribution is 0.385. The van der Waals surface area contributed by atoms with Crippen molar-refractivity contribution in [3.8, 4) is 6.07 Å². The Bertz CT molecular complexity index is 852. The molecule has 2 heterocycles. The quantitative estimate of drug-likeness (QED) is 0.844. The van der Waals surface area contributed by atoms with Crippen LogP contribution in [0.4, 0.5) is 10.1 Å². The fraction of sp³-hybridized carbons (Fsp3) is 0.250. The molecule has 0 bridgehead atoms. The molecule has 1 saturated heterocycles. The van der Waals surface area contributed by atoms with Gasteiger partial charge in [-0.2, -0.15) is 9.57 Å². The summed E-state index contributed by atoms with van der Waals surface area (Å²) in [7, 11) is -3.61. The lowest BCUT2D eigenvalue weighted by Gasteiger charge is -2.35. The molecule has 24 heavy (non-hydrogen) atoms. The van der Waals surface area contributed by atoms with Crippen molar-refractivity contribution in [2.45, 2.75) is 4.90 Å². The second kappa shape index (κ2) is 6.55. The average Bonchev–Trinajstić information content (AvgIpc) is 2.62. The zero-order chi connectivity index (χ0) is 17.2. The van der Waals surface area contributed by atoms with E-state index in [9.17, 15) is 12.8 Å². The maximum absolute atomic E-state index is 13.0. The molecular formula is C16H15FN4O2S. The van der Waals surface area contributed by atoms with Gasteiger partial charge >= 0.3 is 0 Å². The minimum atomic E-state index is -3.61. The van der Waals surface area contributed by atoms with Crippen LogP contribution in [0.1, 0.15) is 5.69 Å². The molecule has 1 fully saturated rings. The van der Waals surface area contributed by atoms with Gasteiger partial charge in [-0.15, -0.1) is 0 Å². The van der Waals surface area contributed by atoms with Crippen LogP contribution in [0.5, 0.6) is 0 Å². The molecule has 0 N–H and O–H groups in total. The van der Waals surface area contributed by atoms with Crippen molar-refractivity contribution in [1.29, 1.82) is 5.26 Å². The average molecular weight is 346 g/mol. The third-order valence-corrected chi connectivity index (χ3v) is 5.83. The van der Waals surface area contributed by atoms with Crippen molar-refractivity contribution in [2.75, 3.05) is 31.1 Å². The maximum atomic E-state index is 13.0. The van der Waals surface area contributed by atoms with E-state index in [-0.39, 0.29) is 4.90 Å². The Balaban J connectivity index is 1.70. The van der Waals surface area contributed by atoms with E-state index in [4.69, 9.17) is 5.26 Å². The van der Waals surface area contributed by atoms with Crippen molar-refractivity contribution in [3.63, 3.8) is 0 Å². The van der Waals surface area contributed by atoms with Crippen LogP contribution >= 0.6 is 0 Å². The van der Waals surface area contributed by atoms with Gasteiger partial charge in [-0.05, 0) is 36.4 Å². The van der Waals surface area contributed by atoms with Gasteiger partial charge in [-0.25, -0.2) is 17.8 Å². The summed E-state index contributed by atoms with van der Waals surface area (Å²) >= 11 is 0. The number of piperazine rings is 1. The summed E-state index contributed by atoms with van der Waals surface area (Å²) in [5.41, 5.74) is 1.20. The fourth-order valence-corrected chi connectivity index (χ4v) is 4.00. The standard InChI is InChI=1S/C16H15FN4O2S/c17-13-1-5-16(6-2-13)24(22,23)21-9-7-20(8-10-21)15-4-3-14(11-18)19-12-15/h1-6,12H,7-10H2. The van der Waals surface area contributed by atoms with Crippen molar-refractivity contribution in [2.24, 2.45) is 0 Å². The zero-order valence-electron chi connectivity index (χ0n) is 12.8. The molecule has 0 aliphatic carbocycles. The third-order valence-electron chi connectivity index (χ3n) is 3.92. The van der Waals surface area contributed by atoms with E-state index in [0.717, 1.165) is 17.8 Å². The van der Waals surface area contributed by atoms with Crippen LogP contribution in [0.15, 0.2) is 47.5 Å². The molecule has 0 spiro atoms. The maximum Gasteiger partial charge on any atom is 0.243 e. The molecule has 2 aromatic rings. The van der Waals surface area contributed by atoms with Crippen LogP contribution in [-0.4, -0.2) is 43.9 Å². The number of hydrogen-bond donors (Lipinski definition) is 0. The molecule has 0 saturated carbocycles. The largest absolute Gasteiger partial charge is 0.368 e. The Labute approximate surface area is 139 Å². The molecular weight excluding hydrogens is 331 g/mol. The minimum Gasteiger partial charge on any atom is -0.368 e. The molecule has 1 aliphatic rings. The lowest BCUT2D eigenvalue weighted by atomic mass is 10.3. The Kier molecular flexibility index (Phi) is 4.46. The number of nitriles is 1. The van der Waals surface area contributed by atoms with Crippen LogP contribution in [-0.2, 0) is 10.0 Å². The highest BCUT2D eigenvalue weighted by Gasteiger charge is 2.28.